The van der Waals surface area contributed by atoms with Crippen molar-refractivity contribution in [3.05, 3.63) is 82.0 Å². The fourth-order valence-electron chi connectivity index (χ4n) is 4.56. The van der Waals surface area contributed by atoms with Crippen molar-refractivity contribution in [1.82, 2.24) is 19.5 Å². The van der Waals surface area contributed by atoms with E-state index in [1.807, 2.05) is 29.0 Å². The standard InChI is InChI=1S/C27H24ClN5O/c1-16-7-8-23-24(17(16)2)18(3)22(32-23)9-10-34-15-33-13-21(20-6-4-5-19(11-20)12-29)25-26(28)30-14-31-27(25)33/h4-8,11,13-14,32H,9-10,15H2,1-3H3. The van der Waals surface area contributed by atoms with Gasteiger partial charge in [-0.15, -0.1) is 0 Å². The number of hydrogen-bond donors (Lipinski definition) is 1. The Labute approximate surface area is 202 Å². The van der Waals surface area contributed by atoms with E-state index in [0.717, 1.165) is 22.9 Å². The van der Waals surface area contributed by atoms with Gasteiger partial charge in [0.25, 0.3) is 0 Å². The lowest BCUT2D eigenvalue weighted by atomic mass is 10.0. The number of aromatic amines is 1. The van der Waals surface area contributed by atoms with E-state index in [-0.39, 0.29) is 0 Å². The molecular formula is C27H24ClN5O. The maximum atomic E-state index is 9.29. The fraction of sp³-hybridized carbons (Fsp3) is 0.222. The molecule has 5 rings (SSSR count). The lowest BCUT2D eigenvalue weighted by molar-refractivity contribution is 0.0816. The molecule has 0 fully saturated rings. The predicted octanol–water partition coefficient (Wildman–Crippen LogP) is 6.25. The third-order valence-electron chi connectivity index (χ3n) is 6.49. The minimum Gasteiger partial charge on any atom is -0.360 e. The van der Waals surface area contributed by atoms with Crippen molar-refractivity contribution in [2.75, 3.05) is 6.61 Å². The van der Waals surface area contributed by atoms with E-state index in [9.17, 15) is 5.26 Å². The van der Waals surface area contributed by atoms with Gasteiger partial charge in [0.15, 0.2) is 0 Å². The van der Waals surface area contributed by atoms with Crippen LogP contribution in [0.25, 0.3) is 33.1 Å². The lowest BCUT2D eigenvalue weighted by Gasteiger charge is -2.07. The van der Waals surface area contributed by atoms with E-state index >= 15 is 0 Å². The summed E-state index contributed by atoms with van der Waals surface area (Å²) in [5.41, 5.74) is 9.31. The average molecular weight is 470 g/mol. The van der Waals surface area contributed by atoms with Crippen LogP contribution in [-0.2, 0) is 17.9 Å². The highest BCUT2D eigenvalue weighted by molar-refractivity contribution is 6.35. The van der Waals surface area contributed by atoms with Gasteiger partial charge in [0.2, 0.25) is 0 Å². The van der Waals surface area contributed by atoms with Crippen molar-refractivity contribution in [3.8, 4) is 17.2 Å². The summed E-state index contributed by atoms with van der Waals surface area (Å²) in [5, 5.41) is 11.7. The molecule has 0 saturated carbocycles. The molecule has 0 radical (unpaired) electrons. The van der Waals surface area contributed by atoms with E-state index in [2.05, 4.69) is 53.9 Å². The van der Waals surface area contributed by atoms with Crippen LogP contribution >= 0.6 is 11.6 Å². The Bertz CT molecular complexity index is 1570. The zero-order valence-corrected chi connectivity index (χ0v) is 20.1. The number of aromatic nitrogens is 4. The number of hydrogen-bond acceptors (Lipinski definition) is 4. The minimum absolute atomic E-state index is 0.333. The van der Waals surface area contributed by atoms with Gasteiger partial charge in [0, 0.05) is 34.8 Å². The number of fused-ring (bicyclic) bond motifs is 2. The maximum Gasteiger partial charge on any atom is 0.147 e. The lowest BCUT2D eigenvalue weighted by Crippen LogP contribution is -2.06. The summed E-state index contributed by atoms with van der Waals surface area (Å²) in [6.07, 6.45) is 4.20. The Kier molecular flexibility index (Phi) is 5.82. The number of aryl methyl sites for hydroxylation is 3. The highest BCUT2D eigenvalue weighted by atomic mass is 35.5. The van der Waals surface area contributed by atoms with Crippen LogP contribution in [0.15, 0.2) is 48.9 Å². The van der Waals surface area contributed by atoms with E-state index < -0.39 is 0 Å². The molecule has 0 bridgehead atoms. The van der Waals surface area contributed by atoms with Gasteiger partial charge in [-0.1, -0.05) is 29.8 Å². The summed E-state index contributed by atoms with van der Waals surface area (Å²) in [6, 6.07) is 13.9. The van der Waals surface area contributed by atoms with Crippen LogP contribution < -0.4 is 0 Å². The second-order valence-corrected chi connectivity index (χ2v) is 8.87. The zero-order chi connectivity index (χ0) is 23.8. The molecule has 0 saturated heterocycles. The molecule has 0 aliphatic rings. The summed E-state index contributed by atoms with van der Waals surface area (Å²) in [4.78, 5) is 12.2. The number of H-pyrrole nitrogens is 1. The second-order valence-electron chi connectivity index (χ2n) is 8.51. The number of rotatable bonds is 6. The Balaban J connectivity index is 1.38. The summed E-state index contributed by atoms with van der Waals surface area (Å²) in [6.45, 7) is 7.38. The van der Waals surface area contributed by atoms with Gasteiger partial charge in [-0.3, -0.25) is 0 Å². The number of halogens is 1. The third kappa shape index (κ3) is 3.83. The second kappa shape index (κ2) is 8.94. The van der Waals surface area contributed by atoms with Gasteiger partial charge in [0.1, 0.15) is 23.9 Å². The molecule has 0 atom stereocenters. The summed E-state index contributed by atoms with van der Waals surface area (Å²) in [7, 11) is 0. The molecule has 170 valence electrons. The van der Waals surface area contributed by atoms with Crippen molar-refractivity contribution >= 4 is 33.5 Å². The molecular weight excluding hydrogens is 446 g/mol. The Hall–Kier alpha value is -3.66. The highest BCUT2D eigenvalue weighted by Crippen LogP contribution is 2.34. The van der Waals surface area contributed by atoms with Crippen LogP contribution in [0.3, 0.4) is 0 Å². The van der Waals surface area contributed by atoms with Crippen LogP contribution in [0.2, 0.25) is 5.15 Å². The number of nitrogens with zero attached hydrogens (tertiary/aromatic N) is 4. The first-order chi connectivity index (χ1) is 16.5. The molecule has 0 aliphatic carbocycles. The van der Waals surface area contributed by atoms with Crippen molar-refractivity contribution in [2.24, 2.45) is 0 Å². The molecule has 34 heavy (non-hydrogen) atoms. The van der Waals surface area contributed by atoms with Crippen molar-refractivity contribution in [3.63, 3.8) is 0 Å². The third-order valence-corrected chi connectivity index (χ3v) is 6.77. The Morgan fingerprint density at radius 1 is 1.09 bits per heavy atom. The first-order valence-electron chi connectivity index (χ1n) is 11.1. The number of nitriles is 1. The van der Waals surface area contributed by atoms with Gasteiger partial charge >= 0.3 is 0 Å². The largest absolute Gasteiger partial charge is 0.360 e. The van der Waals surface area contributed by atoms with Crippen LogP contribution in [-0.4, -0.2) is 26.1 Å². The fourth-order valence-corrected chi connectivity index (χ4v) is 4.79. The topological polar surface area (TPSA) is 79.5 Å². The predicted molar refractivity (Wildman–Crippen MR) is 135 cm³/mol. The van der Waals surface area contributed by atoms with Gasteiger partial charge in [-0.2, -0.15) is 5.26 Å². The molecule has 3 aromatic heterocycles. The molecule has 1 N–H and O–H groups in total. The summed E-state index contributed by atoms with van der Waals surface area (Å²) in [5.74, 6) is 0. The maximum absolute atomic E-state index is 9.29. The van der Waals surface area contributed by atoms with Crippen molar-refractivity contribution in [1.29, 1.82) is 5.26 Å². The monoisotopic (exact) mass is 469 g/mol. The van der Waals surface area contributed by atoms with Gasteiger partial charge in [-0.25, -0.2) is 9.97 Å². The molecule has 7 heteroatoms. The molecule has 5 aromatic rings. The Morgan fingerprint density at radius 3 is 2.76 bits per heavy atom. The van der Waals surface area contributed by atoms with Crippen LogP contribution in [0, 0.1) is 32.1 Å². The molecule has 0 spiro atoms. The number of nitrogens with one attached hydrogen (secondary N) is 1. The SMILES string of the molecule is Cc1ccc2[nH]c(CCOCn3cc(-c4cccc(C#N)c4)c4c(Cl)ncnc43)c(C)c2c1C. The van der Waals surface area contributed by atoms with Crippen molar-refractivity contribution in [2.45, 2.75) is 33.9 Å². The van der Waals surface area contributed by atoms with Gasteiger partial charge in [-0.05, 0) is 61.2 Å². The molecule has 2 aromatic carbocycles. The van der Waals surface area contributed by atoms with E-state index in [1.54, 1.807) is 6.07 Å². The molecule has 0 amide bonds. The van der Waals surface area contributed by atoms with E-state index in [1.165, 1.54) is 39.6 Å². The first kappa shape index (κ1) is 22.1. The molecule has 0 unspecified atom stereocenters. The summed E-state index contributed by atoms with van der Waals surface area (Å²) < 4.78 is 7.99. The van der Waals surface area contributed by atoms with E-state index in [0.29, 0.717) is 29.7 Å². The zero-order valence-electron chi connectivity index (χ0n) is 19.3. The van der Waals surface area contributed by atoms with Crippen LogP contribution in [0.5, 0.6) is 0 Å². The summed E-state index contributed by atoms with van der Waals surface area (Å²) >= 11 is 6.45. The van der Waals surface area contributed by atoms with Crippen LogP contribution in [0.4, 0.5) is 0 Å². The van der Waals surface area contributed by atoms with Gasteiger partial charge < -0.3 is 14.3 Å². The van der Waals surface area contributed by atoms with Gasteiger partial charge in [0.05, 0.1) is 23.6 Å². The van der Waals surface area contributed by atoms with Crippen LogP contribution in [0.1, 0.15) is 27.9 Å². The molecule has 6 nitrogen and oxygen atoms in total. The number of ether oxygens (including phenoxy) is 1. The smallest absolute Gasteiger partial charge is 0.147 e. The minimum atomic E-state index is 0.333. The van der Waals surface area contributed by atoms with E-state index in [4.69, 9.17) is 16.3 Å². The van der Waals surface area contributed by atoms with Crippen molar-refractivity contribution < 1.29 is 4.74 Å². The quantitative estimate of drug-likeness (QED) is 0.235. The normalized spacial score (nSPS) is 11.4. The highest BCUT2D eigenvalue weighted by Gasteiger charge is 2.16. The molecule has 0 aliphatic heterocycles. The Morgan fingerprint density at radius 2 is 1.94 bits per heavy atom. The molecule has 3 heterocycles. The first-order valence-corrected chi connectivity index (χ1v) is 11.5. The average Bonchev–Trinajstić information content (AvgIpc) is 3.38. The number of benzene rings is 2.